The van der Waals surface area contributed by atoms with E-state index in [4.69, 9.17) is 15.0 Å². The van der Waals surface area contributed by atoms with Crippen molar-refractivity contribution in [3.05, 3.63) is 41.5 Å². The van der Waals surface area contributed by atoms with E-state index in [1.54, 1.807) is 7.11 Å². The molecule has 0 aliphatic carbocycles. The van der Waals surface area contributed by atoms with Crippen molar-refractivity contribution in [3.63, 3.8) is 0 Å². The van der Waals surface area contributed by atoms with Crippen LogP contribution in [-0.4, -0.2) is 17.3 Å². The summed E-state index contributed by atoms with van der Waals surface area (Å²) in [6.45, 7) is 3.66. The standard InChI is InChI=1S/C13H17N3O2/c1-13(2,14)12-15-11(16-18-12)8-9-5-4-6-10(7-9)17-3/h4-7H,8,14H2,1-3H3. The minimum Gasteiger partial charge on any atom is -0.497 e. The highest BCUT2D eigenvalue weighted by atomic mass is 16.5. The number of rotatable bonds is 4. The maximum absolute atomic E-state index is 5.89. The second-order valence-electron chi connectivity index (χ2n) is 4.77. The van der Waals surface area contributed by atoms with Gasteiger partial charge in [-0.15, -0.1) is 0 Å². The molecule has 0 aliphatic rings. The Morgan fingerprint density at radius 2 is 2.17 bits per heavy atom. The Morgan fingerprint density at radius 3 is 2.78 bits per heavy atom. The van der Waals surface area contributed by atoms with E-state index in [1.165, 1.54) is 0 Å². The fraction of sp³-hybridized carbons (Fsp3) is 0.385. The van der Waals surface area contributed by atoms with Gasteiger partial charge in [-0.3, -0.25) is 0 Å². The topological polar surface area (TPSA) is 74.2 Å². The van der Waals surface area contributed by atoms with Gasteiger partial charge in [0.2, 0.25) is 5.89 Å². The van der Waals surface area contributed by atoms with Gasteiger partial charge in [-0.2, -0.15) is 4.98 Å². The van der Waals surface area contributed by atoms with Crippen LogP contribution in [0.25, 0.3) is 0 Å². The van der Waals surface area contributed by atoms with Crippen molar-refractivity contribution in [1.29, 1.82) is 0 Å². The van der Waals surface area contributed by atoms with Crippen LogP contribution in [0, 0.1) is 0 Å². The smallest absolute Gasteiger partial charge is 0.246 e. The van der Waals surface area contributed by atoms with Gasteiger partial charge < -0.3 is 15.0 Å². The Bertz CT molecular complexity index is 529. The average Bonchev–Trinajstić information content (AvgIpc) is 2.77. The first-order valence-corrected chi connectivity index (χ1v) is 5.74. The SMILES string of the molecule is COc1cccc(Cc2noc(C(C)(C)N)n2)c1. The number of hydrogen-bond acceptors (Lipinski definition) is 5. The normalized spacial score (nSPS) is 11.6. The molecular formula is C13H17N3O2. The highest BCUT2D eigenvalue weighted by Gasteiger charge is 2.22. The summed E-state index contributed by atoms with van der Waals surface area (Å²) in [6.07, 6.45) is 0.594. The van der Waals surface area contributed by atoms with Crippen molar-refractivity contribution in [1.82, 2.24) is 10.1 Å². The first-order chi connectivity index (χ1) is 8.49. The van der Waals surface area contributed by atoms with Gasteiger partial charge in [0.15, 0.2) is 5.82 Å². The molecule has 1 heterocycles. The summed E-state index contributed by atoms with van der Waals surface area (Å²) in [4.78, 5) is 4.29. The molecule has 2 N–H and O–H groups in total. The third-order valence-electron chi connectivity index (χ3n) is 2.52. The summed E-state index contributed by atoms with van der Waals surface area (Å²) in [6, 6.07) is 7.77. The van der Waals surface area contributed by atoms with Crippen LogP contribution in [0.4, 0.5) is 0 Å². The van der Waals surface area contributed by atoms with Crippen LogP contribution in [-0.2, 0) is 12.0 Å². The maximum atomic E-state index is 5.89. The lowest BCUT2D eigenvalue weighted by molar-refractivity contribution is 0.310. The van der Waals surface area contributed by atoms with E-state index in [0.717, 1.165) is 11.3 Å². The summed E-state index contributed by atoms with van der Waals surface area (Å²) in [5.41, 5.74) is 6.35. The van der Waals surface area contributed by atoms with Crippen molar-refractivity contribution in [2.24, 2.45) is 5.73 Å². The third kappa shape index (κ3) is 2.87. The summed E-state index contributed by atoms with van der Waals surface area (Å²) >= 11 is 0. The molecule has 5 heteroatoms. The Morgan fingerprint density at radius 1 is 1.39 bits per heavy atom. The van der Waals surface area contributed by atoms with E-state index in [0.29, 0.717) is 18.1 Å². The van der Waals surface area contributed by atoms with Gasteiger partial charge in [-0.25, -0.2) is 0 Å². The predicted octanol–water partition coefficient (Wildman–Crippen LogP) is 1.86. The van der Waals surface area contributed by atoms with Gasteiger partial charge in [-0.05, 0) is 31.5 Å². The maximum Gasteiger partial charge on any atom is 0.246 e. The molecule has 0 atom stereocenters. The number of nitrogens with zero attached hydrogens (tertiary/aromatic N) is 2. The number of nitrogens with two attached hydrogens (primary N) is 1. The zero-order valence-corrected chi connectivity index (χ0v) is 10.8. The number of benzene rings is 1. The molecule has 2 aromatic rings. The van der Waals surface area contributed by atoms with Crippen LogP contribution in [0.1, 0.15) is 31.1 Å². The molecule has 0 unspecified atom stereocenters. The quantitative estimate of drug-likeness (QED) is 0.892. The minimum absolute atomic E-state index is 0.445. The van der Waals surface area contributed by atoms with Crippen molar-refractivity contribution >= 4 is 0 Å². The minimum atomic E-state index is -0.611. The monoisotopic (exact) mass is 247 g/mol. The molecule has 0 saturated heterocycles. The van der Waals surface area contributed by atoms with E-state index >= 15 is 0 Å². The van der Waals surface area contributed by atoms with E-state index in [1.807, 2.05) is 38.1 Å². The predicted molar refractivity (Wildman–Crippen MR) is 67.3 cm³/mol. The van der Waals surface area contributed by atoms with Crippen molar-refractivity contribution in [2.75, 3.05) is 7.11 Å². The average molecular weight is 247 g/mol. The molecule has 0 fully saturated rings. The summed E-state index contributed by atoms with van der Waals surface area (Å²) in [5.74, 6) is 1.88. The van der Waals surface area contributed by atoms with Crippen LogP contribution in [0.2, 0.25) is 0 Å². The van der Waals surface area contributed by atoms with Crippen molar-refractivity contribution in [2.45, 2.75) is 25.8 Å². The van der Waals surface area contributed by atoms with Crippen LogP contribution >= 0.6 is 0 Å². The zero-order chi connectivity index (χ0) is 13.2. The summed E-state index contributed by atoms with van der Waals surface area (Å²) in [5, 5.41) is 3.93. The molecule has 0 spiro atoms. The molecule has 5 nitrogen and oxygen atoms in total. The van der Waals surface area contributed by atoms with E-state index in [9.17, 15) is 0 Å². The van der Waals surface area contributed by atoms with Crippen LogP contribution in [0.15, 0.2) is 28.8 Å². The fourth-order valence-corrected chi connectivity index (χ4v) is 1.55. The molecule has 0 saturated carbocycles. The van der Waals surface area contributed by atoms with Gasteiger partial charge in [0, 0.05) is 6.42 Å². The lowest BCUT2D eigenvalue weighted by atomic mass is 10.1. The molecule has 1 aromatic heterocycles. The molecule has 0 radical (unpaired) electrons. The highest BCUT2D eigenvalue weighted by molar-refractivity contribution is 5.30. The van der Waals surface area contributed by atoms with Crippen LogP contribution in [0.3, 0.4) is 0 Å². The van der Waals surface area contributed by atoms with Crippen molar-refractivity contribution < 1.29 is 9.26 Å². The second kappa shape index (κ2) is 4.78. The van der Waals surface area contributed by atoms with Crippen LogP contribution < -0.4 is 10.5 Å². The number of hydrogen-bond donors (Lipinski definition) is 1. The molecule has 96 valence electrons. The van der Waals surface area contributed by atoms with Crippen LogP contribution in [0.5, 0.6) is 5.75 Å². The van der Waals surface area contributed by atoms with Gasteiger partial charge in [0.1, 0.15) is 5.75 Å². The first kappa shape index (κ1) is 12.6. The van der Waals surface area contributed by atoms with Crippen molar-refractivity contribution in [3.8, 4) is 5.75 Å². The molecule has 0 aliphatic heterocycles. The molecule has 0 amide bonds. The number of ether oxygens (including phenoxy) is 1. The lowest BCUT2D eigenvalue weighted by Crippen LogP contribution is -2.29. The van der Waals surface area contributed by atoms with Gasteiger partial charge in [0.05, 0.1) is 12.6 Å². The Hall–Kier alpha value is -1.88. The summed E-state index contributed by atoms with van der Waals surface area (Å²) in [7, 11) is 1.64. The van der Waals surface area contributed by atoms with Gasteiger partial charge in [-0.1, -0.05) is 17.3 Å². The van der Waals surface area contributed by atoms with Gasteiger partial charge in [0.25, 0.3) is 0 Å². The summed E-state index contributed by atoms with van der Waals surface area (Å²) < 4.78 is 10.3. The molecule has 2 rings (SSSR count). The number of aromatic nitrogens is 2. The first-order valence-electron chi connectivity index (χ1n) is 5.74. The number of methoxy groups -OCH3 is 1. The highest BCUT2D eigenvalue weighted by Crippen LogP contribution is 2.17. The molecule has 18 heavy (non-hydrogen) atoms. The lowest BCUT2D eigenvalue weighted by Gasteiger charge is -2.10. The van der Waals surface area contributed by atoms with E-state index in [-0.39, 0.29) is 0 Å². The van der Waals surface area contributed by atoms with Gasteiger partial charge >= 0.3 is 0 Å². The van der Waals surface area contributed by atoms with E-state index in [2.05, 4.69) is 10.1 Å². The fourth-order valence-electron chi connectivity index (χ4n) is 1.55. The molecular weight excluding hydrogens is 230 g/mol. The Kier molecular flexibility index (Phi) is 3.34. The third-order valence-corrected chi connectivity index (χ3v) is 2.52. The largest absolute Gasteiger partial charge is 0.497 e. The Balaban J connectivity index is 2.16. The van der Waals surface area contributed by atoms with E-state index < -0.39 is 5.54 Å². The Labute approximate surface area is 106 Å². The zero-order valence-electron chi connectivity index (χ0n) is 10.8. The molecule has 0 bridgehead atoms. The molecule has 1 aromatic carbocycles. The second-order valence-corrected chi connectivity index (χ2v) is 4.77.